The number of nitrogens with one attached hydrogen (secondary N) is 1. The van der Waals surface area contributed by atoms with Crippen LogP contribution >= 0.6 is 11.6 Å². The lowest BCUT2D eigenvalue weighted by atomic mass is 9.63. The van der Waals surface area contributed by atoms with E-state index < -0.39 is 28.8 Å². The highest BCUT2D eigenvalue weighted by Gasteiger charge is 2.70. The van der Waals surface area contributed by atoms with Gasteiger partial charge in [0, 0.05) is 22.4 Å². The molecular formula is C32H29ClN2O3. The molecule has 38 heavy (non-hydrogen) atoms. The van der Waals surface area contributed by atoms with Crippen LogP contribution in [-0.4, -0.2) is 29.6 Å². The Balaban J connectivity index is 1.70. The molecule has 1 saturated heterocycles. The molecule has 0 aromatic heterocycles. The molecule has 0 unspecified atom stereocenters. The van der Waals surface area contributed by atoms with Gasteiger partial charge in [0.05, 0.1) is 17.0 Å². The number of aryl methyl sites for hydroxylation is 1. The third kappa shape index (κ3) is 3.27. The number of amides is 1. The molecule has 0 radical (unpaired) electrons. The van der Waals surface area contributed by atoms with Crippen LogP contribution in [0.15, 0.2) is 72.8 Å². The van der Waals surface area contributed by atoms with Gasteiger partial charge < -0.3 is 10.2 Å². The molecule has 1 fully saturated rings. The number of carbonyl (C=O) groups is 3. The molecule has 4 atom stereocenters. The van der Waals surface area contributed by atoms with Gasteiger partial charge in [-0.25, -0.2) is 0 Å². The van der Waals surface area contributed by atoms with E-state index in [4.69, 9.17) is 11.6 Å². The van der Waals surface area contributed by atoms with E-state index in [0.717, 1.165) is 22.4 Å². The van der Waals surface area contributed by atoms with Gasteiger partial charge >= 0.3 is 0 Å². The lowest BCUT2D eigenvalue weighted by molar-refractivity contribution is -0.128. The zero-order valence-electron chi connectivity index (χ0n) is 21.8. The number of hydrogen-bond donors (Lipinski definition) is 1. The predicted molar refractivity (Wildman–Crippen MR) is 151 cm³/mol. The molecule has 3 heterocycles. The number of rotatable bonds is 3. The van der Waals surface area contributed by atoms with E-state index in [1.165, 1.54) is 0 Å². The van der Waals surface area contributed by atoms with Gasteiger partial charge in [-0.3, -0.25) is 14.4 Å². The molecule has 3 aromatic carbocycles. The maximum Gasteiger partial charge on any atom is 0.238 e. The van der Waals surface area contributed by atoms with E-state index in [-0.39, 0.29) is 17.5 Å². The first kappa shape index (κ1) is 24.6. The minimum atomic E-state index is -1.32. The van der Waals surface area contributed by atoms with Crippen LogP contribution in [0, 0.1) is 18.3 Å². The van der Waals surface area contributed by atoms with Crippen molar-refractivity contribution in [2.45, 2.75) is 45.2 Å². The van der Waals surface area contributed by atoms with Gasteiger partial charge in [-0.05, 0) is 48.4 Å². The fourth-order valence-electron chi connectivity index (χ4n) is 6.57. The van der Waals surface area contributed by atoms with Gasteiger partial charge in [0.1, 0.15) is 11.5 Å². The Kier molecular flexibility index (Phi) is 5.45. The van der Waals surface area contributed by atoms with Crippen LogP contribution in [0.5, 0.6) is 0 Å². The number of anilines is 2. The lowest BCUT2D eigenvalue weighted by Crippen LogP contribution is -2.51. The Morgan fingerprint density at radius 2 is 1.71 bits per heavy atom. The molecule has 5 nitrogen and oxygen atoms in total. The summed E-state index contributed by atoms with van der Waals surface area (Å²) >= 11 is 6.56. The second kappa shape index (κ2) is 8.40. The molecule has 1 spiro atoms. The molecule has 6 heteroatoms. The highest BCUT2D eigenvalue weighted by atomic mass is 35.5. The van der Waals surface area contributed by atoms with Crippen LogP contribution < -0.4 is 10.2 Å². The van der Waals surface area contributed by atoms with E-state index in [2.05, 4.69) is 11.4 Å². The Hall–Kier alpha value is -3.70. The SMILES string of the molecule is Cc1ccc2c(c1)C=C[C@H]1N2[C@H](C(=O)C(C)(C)C)[C@@H](C(=O)c2ccccc2Cl)[C@]12C(=O)Nc1ccccc12. The summed E-state index contributed by atoms with van der Waals surface area (Å²) in [6.07, 6.45) is 4.01. The fraction of sp³-hybridized carbons (Fsp3) is 0.281. The molecule has 6 rings (SSSR count). The zero-order chi connectivity index (χ0) is 27.0. The smallest absolute Gasteiger partial charge is 0.238 e. The van der Waals surface area contributed by atoms with Crippen LogP contribution in [0.25, 0.3) is 6.08 Å². The summed E-state index contributed by atoms with van der Waals surface area (Å²) in [7, 11) is 0. The topological polar surface area (TPSA) is 66.5 Å². The summed E-state index contributed by atoms with van der Waals surface area (Å²) in [5, 5.41) is 3.35. The maximum absolute atomic E-state index is 14.7. The van der Waals surface area contributed by atoms with Gasteiger partial charge in [0.15, 0.2) is 11.6 Å². The summed E-state index contributed by atoms with van der Waals surface area (Å²) in [6.45, 7) is 7.62. The first-order valence-corrected chi connectivity index (χ1v) is 13.3. The van der Waals surface area contributed by atoms with E-state index in [1.807, 2.05) is 81.1 Å². The molecule has 192 valence electrons. The number of Topliss-reactive ketones (excluding diaryl/α,β-unsaturated/α-hetero) is 2. The third-order valence-corrected chi connectivity index (χ3v) is 8.55. The number of benzene rings is 3. The summed E-state index contributed by atoms with van der Waals surface area (Å²) in [5.41, 5.74) is 2.52. The molecule has 0 aliphatic carbocycles. The van der Waals surface area contributed by atoms with Crippen LogP contribution in [0.3, 0.4) is 0 Å². The molecular weight excluding hydrogens is 496 g/mol. The van der Waals surface area contributed by atoms with Crippen LogP contribution in [0.4, 0.5) is 11.4 Å². The summed E-state index contributed by atoms with van der Waals surface area (Å²) in [4.78, 5) is 45.4. The monoisotopic (exact) mass is 524 g/mol. The Labute approximate surface area is 227 Å². The van der Waals surface area contributed by atoms with Gasteiger partial charge in [0.25, 0.3) is 0 Å². The summed E-state index contributed by atoms with van der Waals surface area (Å²) in [5.74, 6) is -1.67. The average molecular weight is 525 g/mol. The number of fused-ring (bicyclic) bond motifs is 6. The Morgan fingerprint density at radius 3 is 2.45 bits per heavy atom. The summed E-state index contributed by atoms with van der Waals surface area (Å²) in [6, 6.07) is 19.0. The van der Waals surface area contributed by atoms with Crippen LogP contribution in [0.2, 0.25) is 5.02 Å². The summed E-state index contributed by atoms with van der Waals surface area (Å²) < 4.78 is 0. The highest BCUT2D eigenvalue weighted by molar-refractivity contribution is 6.34. The molecule has 1 N–H and O–H groups in total. The quantitative estimate of drug-likeness (QED) is 0.412. The Bertz CT molecular complexity index is 1550. The number of nitrogens with zero attached hydrogens (tertiary/aromatic N) is 1. The molecule has 3 aliphatic heterocycles. The highest BCUT2D eigenvalue weighted by Crippen LogP contribution is 2.58. The van der Waals surface area contributed by atoms with Gasteiger partial charge in [-0.15, -0.1) is 0 Å². The largest absolute Gasteiger partial charge is 0.352 e. The van der Waals surface area contributed by atoms with E-state index in [9.17, 15) is 14.4 Å². The molecule has 3 aliphatic rings. The van der Waals surface area contributed by atoms with Crippen molar-refractivity contribution in [3.05, 3.63) is 100 Å². The van der Waals surface area contributed by atoms with Crippen molar-refractivity contribution >= 4 is 46.5 Å². The standard InChI is InChI=1S/C32H29ClN2O3/c1-18-13-15-24-19(17-18)14-16-25-32(21-10-6-8-12-23(21)34-30(32)38)26(27(35(24)25)29(37)31(2,3)4)28(36)20-9-5-7-11-22(20)33/h5-17,25-27H,1-4H3,(H,34,38)/t25-,26+,27+,32-/m1/s1. The van der Waals surface area contributed by atoms with Crippen LogP contribution in [-0.2, 0) is 15.0 Å². The minimum Gasteiger partial charge on any atom is -0.352 e. The van der Waals surface area contributed by atoms with E-state index in [0.29, 0.717) is 16.3 Å². The third-order valence-electron chi connectivity index (χ3n) is 8.22. The number of para-hydroxylation sites is 1. The van der Waals surface area contributed by atoms with Crippen molar-refractivity contribution in [3.63, 3.8) is 0 Å². The predicted octanol–water partition coefficient (Wildman–Crippen LogP) is 6.24. The minimum absolute atomic E-state index is 0.0937. The first-order chi connectivity index (χ1) is 18.1. The van der Waals surface area contributed by atoms with Crippen LogP contribution in [0.1, 0.15) is 47.8 Å². The lowest BCUT2D eigenvalue weighted by Gasteiger charge is -2.38. The Morgan fingerprint density at radius 1 is 1.00 bits per heavy atom. The van der Waals surface area contributed by atoms with Gasteiger partial charge in [-0.1, -0.05) is 86.5 Å². The van der Waals surface area contributed by atoms with Crippen molar-refractivity contribution in [2.75, 3.05) is 10.2 Å². The number of halogens is 1. The number of hydrogen-bond acceptors (Lipinski definition) is 4. The van der Waals surface area contributed by atoms with Gasteiger partial charge in [0.2, 0.25) is 5.91 Å². The average Bonchev–Trinajstić information content (AvgIpc) is 3.35. The molecule has 1 amide bonds. The van der Waals surface area contributed by atoms with Crippen molar-refractivity contribution in [1.82, 2.24) is 0 Å². The molecule has 3 aromatic rings. The van der Waals surface area contributed by atoms with Crippen molar-refractivity contribution in [1.29, 1.82) is 0 Å². The van der Waals surface area contributed by atoms with Crippen molar-refractivity contribution in [2.24, 2.45) is 11.3 Å². The van der Waals surface area contributed by atoms with Gasteiger partial charge in [-0.2, -0.15) is 0 Å². The van der Waals surface area contributed by atoms with Crippen molar-refractivity contribution in [3.8, 4) is 0 Å². The zero-order valence-corrected chi connectivity index (χ0v) is 22.5. The normalized spacial score (nSPS) is 25.1. The number of carbonyl (C=O) groups excluding carboxylic acids is 3. The first-order valence-electron chi connectivity index (χ1n) is 12.9. The van der Waals surface area contributed by atoms with E-state index >= 15 is 0 Å². The maximum atomic E-state index is 14.7. The van der Waals surface area contributed by atoms with E-state index in [1.54, 1.807) is 24.3 Å². The second-order valence-corrected chi connectivity index (χ2v) is 11.9. The fourth-order valence-corrected chi connectivity index (χ4v) is 6.80. The molecule has 0 saturated carbocycles. The second-order valence-electron chi connectivity index (χ2n) is 11.5. The molecule has 0 bridgehead atoms. The van der Waals surface area contributed by atoms with Crippen molar-refractivity contribution < 1.29 is 14.4 Å². The number of ketones is 2.